The molecule has 0 radical (unpaired) electrons. The van der Waals surface area contributed by atoms with Gasteiger partial charge in [-0.15, -0.1) is 0 Å². The Morgan fingerprint density at radius 1 is 1.10 bits per heavy atom. The van der Waals surface area contributed by atoms with E-state index in [1.54, 1.807) is 12.0 Å². The highest BCUT2D eigenvalue weighted by molar-refractivity contribution is 6.31. The monoisotopic (exact) mass is 557 g/mol. The van der Waals surface area contributed by atoms with Gasteiger partial charge in [-0.1, -0.05) is 17.7 Å². The molecule has 2 aromatic carbocycles. The van der Waals surface area contributed by atoms with Crippen LogP contribution in [-0.4, -0.2) is 47.1 Å². The van der Waals surface area contributed by atoms with Crippen LogP contribution in [0.1, 0.15) is 52.9 Å². The SMILES string of the molecule is COc1ccc(-c2nc3cc(Cl)ccc3cc2CN(C[C@@H]2CCCO2)C(=O)c2cc3c([nH]c2=O)CCCC3)cc1. The fraction of sp³-hybridized carbons (Fsp3) is 0.344. The molecular weight excluding hydrogens is 526 g/mol. The number of aromatic nitrogens is 2. The maximum Gasteiger partial charge on any atom is 0.261 e. The number of carbonyl (C=O) groups is 1. The van der Waals surface area contributed by atoms with Crippen molar-refractivity contribution in [2.75, 3.05) is 20.3 Å². The lowest BCUT2D eigenvalue weighted by atomic mass is 9.94. The minimum absolute atomic E-state index is 0.0719. The molecular formula is C32H32ClN3O4. The van der Waals surface area contributed by atoms with Crippen LogP contribution in [0.15, 0.2) is 59.4 Å². The molecule has 1 aliphatic heterocycles. The number of fused-ring (bicyclic) bond motifs is 2. The van der Waals surface area contributed by atoms with Gasteiger partial charge in [0.2, 0.25) is 0 Å². The number of hydrogen-bond donors (Lipinski definition) is 1. The molecule has 0 spiro atoms. The van der Waals surface area contributed by atoms with Crippen LogP contribution >= 0.6 is 11.6 Å². The first-order valence-electron chi connectivity index (χ1n) is 13.9. The molecule has 2 aliphatic rings. The van der Waals surface area contributed by atoms with Crippen molar-refractivity contribution in [2.45, 2.75) is 51.2 Å². The van der Waals surface area contributed by atoms with Gasteiger partial charge < -0.3 is 19.4 Å². The Kier molecular flexibility index (Phi) is 7.59. The summed E-state index contributed by atoms with van der Waals surface area (Å²) in [5.74, 6) is 0.456. The highest BCUT2D eigenvalue weighted by Gasteiger charge is 2.27. The van der Waals surface area contributed by atoms with Gasteiger partial charge in [-0.05, 0) is 98.2 Å². The summed E-state index contributed by atoms with van der Waals surface area (Å²) in [5.41, 5.74) is 5.17. The molecule has 40 heavy (non-hydrogen) atoms. The highest BCUT2D eigenvalue weighted by Crippen LogP contribution is 2.30. The molecule has 1 amide bonds. The normalized spacial score (nSPS) is 16.6. The molecule has 7 nitrogen and oxygen atoms in total. The van der Waals surface area contributed by atoms with E-state index in [1.807, 2.05) is 48.5 Å². The van der Waals surface area contributed by atoms with E-state index >= 15 is 0 Å². The van der Waals surface area contributed by atoms with Crippen LogP contribution in [0.2, 0.25) is 5.02 Å². The van der Waals surface area contributed by atoms with Crippen molar-refractivity contribution in [1.29, 1.82) is 0 Å². The van der Waals surface area contributed by atoms with Crippen LogP contribution in [0, 0.1) is 0 Å². The van der Waals surface area contributed by atoms with E-state index in [9.17, 15) is 9.59 Å². The maximum atomic E-state index is 14.1. The third kappa shape index (κ3) is 5.49. The summed E-state index contributed by atoms with van der Waals surface area (Å²) in [6.07, 6.45) is 5.59. The van der Waals surface area contributed by atoms with E-state index in [2.05, 4.69) is 11.1 Å². The predicted molar refractivity (Wildman–Crippen MR) is 156 cm³/mol. The van der Waals surface area contributed by atoms with Crippen LogP contribution in [0.5, 0.6) is 5.75 Å². The van der Waals surface area contributed by atoms with Crippen molar-refractivity contribution >= 4 is 28.4 Å². The summed E-state index contributed by atoms with van der Waals surface area (Å²) >= 11 is 6.29. The summed E-state index contributed by atoms with van der Waals surface area (Å²) in [6, 6.07) is 17.2. The Hall–Kier alpha value is -3.68. The number of aromatic amines is 1. The number of benzene rings is 2. The third-order valence-corrected chi connectivity index (χ3v) is 8.12. The van der Waals surface area contributed by atoms with Crippen LogP contribution in [0.25, 0.3) is 22.2 Å². The summed E-state index contributed by atoms with van der Waals surface area (Å²) in [5, 5.41) is 1.53. The molecule has 0 unspecified atom stereocenters. The summed E-state index contributed by atoms with van der Waals surface area (Å²) < 4.78 is 11.3. The summed E-state index contributed by atoms with van der Waals surface area (Å²) in [7, 11) is 1.63. The number of amides is 1. The number of H-pyrrole nitrogens is 1. The lowest BCUT2D eigenvalue weighted by Gasteiger charge is -2.27. The van der Waals surface area contributed by atoms with E-state index in [-0.39, 0.29) is 29.7 Å². The van der Waals surface area contributed by atoms with Crippen molar-refractivity contribution < 1.29 is 14.3 Å². The zero-order valence-electron chi connectivity index (χ0n) is 22.5. The number of ether oxygens (including phenoxy) is 2. The van der Waals surface area contributed by atoms with Crippen molar-refractivity contribution in [3.05, 3.63) is 92.4 Å². The van der Waals surface area contributed by atoms with Gasteiger partial charge in [-0.3, -0.25) is 9.59 Å². The second-order valence-corrected chi connectivity index (χ2v) is 11.0. The van der Waals surface area contributed by atoms with E-state index in [1.165, 1.54) is 0 Å². The maximum absolute atomic E-state index is 14.1. The Bertz CT molecular complexity index is 1610. The molecule has 2 aromatic heterocycles. The number of carbonyl (C=O) groups excluding carboxylic acids is 1. The molecule has 1 aliphatic carbocycles. The lowest BCUT2D eigenvalue weighted by molar-refractivity contribution is 0.0506. The number of aryl methyl sites for hydroxylation is 2. The van der Waals surface area contributed by atoms with Crippen molar-refractivity contribution in [3.63, 3.8) is 0 Å². The Morgan fingerprint density at radius 3 is 2.70 bits per heavy atom. The largest absolute Gasteiger partial charge is 0.497 e. The van der Waals surface area contributed by atoms with Gasteiger partial charge in [0.15, 0.2) is 0 Å². The molecule has 4 aromatic rings. The molecule has 0 saturated carbocycles. The molecule has 1 saturated heterocycles. The standard InChI is InChI=1S/C32H32ClN3O4/c1-39-25-12-9-20(10-13-25)30-23(15-22-8-11-24(33)17-29(22)34-30)18-36(19-26-6-4-14-40-26)32(38)27-16-21-5-2-3-7-28(21)35-31(27)37/h8-13,15-17,26H,2-7,14,18-19H2,1H3,(H,35,37)/t26-/m0/s1. The number of pyridine rings is 2. The van der Waals surface area contributed by atoms with Gasteiger partial charge in [0.25, 0.3) is 11.5 Å². The van der Waals surface area contributed by atoms with Crippen molar-refractivity contribution in [2.24, 2.45) is 0 Å². The zero-order chi connectivity index (χ0) is 27.6. The summed E-state index contributed by atoms with van der Waals surface area (Å²) in [4.78, 5) is 36.9. The van der Waals surface area contributed by atoms with Crippen LogP contribution in [-0.2, 0) is 24.1 Å². The van der Waals surface area contributed by atoms with Gasteiger partial charge in [0.05, 0.1) is 24.4 Å². The number of methoxy groups -OCH3 is 1. The van der Waals surface area contributed by atoms with Crippen molar-refractivity contribution in [1.82, 2.24) is 14.9 Å². The van der Waals surface area contributed by atoms with Gasteiger partial charge in [-0.2, -0.15) is 0 Å². The minimum Gasteiger partial charge on any atom is -0.497 e. The number of nitrogens with zero attached hydrogens (tertiary/aromatic N) is 2. The first kappa shape index (κ1) is 26.5. The average Bonchev–Trinajstić information content (AvgIpc) is 3.49. The lowest BCUT2D eigenvalue weighted by Crippen LogP contribution is -2.40. The van der Waals surface area contributed by atoms with Crippen LogP contribution in [0.3, 0.4) is 0 Å². The third-order valence-electron chi connectivity index (χ3n) is 7.89. The summed E-state index contributed by atoms with van der Waals surface area (Å²) in [6.45, 7) is 1.36. The van der Waals surface area contributed by atoms with E-state index in [0.29, 0.717) is 18.2 Å². The van der Waals surface area contributed by atoms with E-state index < -0.39 is 0 Å². The van der Waals surface area contributed by atoms with Crippen LogP contribution < -0.4 is 10.3 Å². The molecule has 0 bridgehead atoms. The zero-order valence-corrected chi connectivity index (χ0v) is 23.3. The molecule has 206 valence electrons. The number of nitrogens with one attached hydrogen (secondary N) is 1. The van der Waals surface area contributed by atoms with E-state index in [4.69, 9.17) is 26.1 Å². The highest BCUT2D eigenvalue weighted by atomic mass is 35.5. The topological polar surface area (TPSA) is 84.5 Å². The number of halogens is 1. The average molecular weight is 558 g/mol. The second-order valence-electron chi connectivity index (χ2n) is 10.6. The molecule has 1 N–H and O–H groups in total. The molecule has 3 heterocycles. The van der Waals surface area contributed by atoms with Gasteiger partial charge >= 0.3 is 0 Å². The van der Waals surface area contributed by atoms with E-state index in [0.717, 1.165) is 83.3 Å². The fourth-order valence-electron chi connectivity index (χ4n) is 5.77. The number of rotatable bonds is 7. The fourth-order valence-corrected chi connectivity index (χ4v) is 5.93. The minimum atomic E-state index is -0.329. The molecule has 8 heteroatoms. The smallest absolute Gasteiger partial charge is 0.261 e. The quantitative estimate of drug-likeness (QED) is 0.303. The first-order valence-corrected chi connectivity index (χ1v) is 14.3. The van der Waals surface area contributed by atoms with Gasteiger partial charge in [0.1, 0.15) is 11.3 Å². The van der Waals surface area contributed by atoms with Gasteiger partial charge in [0, 0.05) is 41.4 Å². The Morgan fingerprint density at radius 2 is 1.93 bits per heavy atom. The Labute approximate surface area is 238 Å². The predicted octanol–water partition coefficient (Wildman–Crippen LogP) is 5.95. The number of hydrogen-bond acceptors (Lipinski definition) is 5. The van der Waals surface area contributed by atoms with Crippen molar-refractivity contribution in [3.8, 4) is 17.0 Å². The second kappa shape index (κ2) is 11.4. The van der Waals surface area contributed by atoms with Crippen LogP contribution in [0.4, 0.5) is 0 Å². The van der Waals surface area contributed by atoms with Gasteiger partial charge in [-0.25, -0.2) is 4.98 Å². The molecule has 1 atom stereocenters. The first-order chi connectivity index (χ1) is 19.5. The Balaban J connectivity index is 1.43. The molecule has 1 fully saturated rings. The molecule has 6 rings (SSSR count).